The molecular weight excluding hydrogens is 437 g/mol. The summed E-state index contributed by atoms with van der Waals surface area (Å²) in [5.41, 5.74) is -0.140. The maximum Gasteiger partial charge on any atom is 0.333 e. The third kappa shape index (κ3) is 4.42. The van der Waals surface area contributed by atoms with Gasteiger partial charge < -0.3 is 5.32 Å². The second kappa shape index (κ2) is 9.11. The first-order valence-corrected chi connectivity index (χ1v) is 10.0. The fraction of sp³-hybridized carbons (Fsp3) is 0.136. The molecule has 162 valence electrons. The van der Waals surface area contributed by atoms with E-state index in [2.05, 4.69) is 15.3 Å². The first-order valence-electron chi connectivity index (χ1n) is 9.63. The van der Waals surface area contributed by atoms with Crippen LogP contribution < -0.4 is 16.6 Å². The zero-order chi connectivity index (χ0) is 22.7. The number of aromatic nitrogens is 4. The Morgan fingerprint density at radius 3 is 2.47 bits per heavy atom. The van der Waals surface area contributed by atoms with E-state index in [1.165, 1.54) is 36.7 Å². The molecule has 0 fully saturated rings. The molecule has 1 amide bonds. The highest BCUT2D eigenvalue weighted by atomic mass is 35.5. The highest BCUT2D eigenvalue weighted by Gasteiger charge is 2.17. The fourth-order valence-electron chi connectivity index (χ4n) is 3.22. The molecule has 0 saturated heterocycles. The van der Waals surface area contributed by atoms with Gasteiger partial charge in [-0.15, -0.1) is 0 Å². The van der Waals surface area contributed by atoms with Crippen molar-refractivity contribution in [1.82, 2.24) is 24.4 Å². The number of hydrogen-bond acceptors (Lipinski definition) is 5. The maximum absolute atomic E-state index is 13.2. The van der Waals surface area contributed by atoms with E-state index in [1.807, 2.05) is 0 Å². The van der Waals surface area contributed by atoms with Gasteiger partial charge in [-0.05, 0) is 29.3 Å². The van der Waals surface area contributed by atoms with Gasteiger partial charge in [0.2, 0.25) is 5.91 Å². The summed E-state index contributed by atoms with van der Waals surface area (Å²) >= 11 is 6.11. The second-order valence-corrected chi connectivity index (χ2v) is 7.39. The van der Waals surface area contributed by atoms with Gasteiger partial charge in [-0.25, -0.2) is 19.2 Å². The minimum Gasteiger partial charge on any atom is -0.350 e. The summed E-state index contributed by atoms with van der Waals surface area (Å²) in [6.45, 7) is -0.306. The van der Waals surface area contributed by atoms with Crippen LogP contribution >= 0.6 is 11.6 Å². The lowest BCUT2D eigenvalue weighted by atomic mass is 10.2. The summed E-state index contributed by atoms with van der Waals surface area (Å²) in [5.74, 6) is -0.899. The number of rotatable bonds is 6. The summed E-state index contributed by atoms with van der Waals surface area (Å²) in [6.07, 6.45) is 2.67. The van der Waals surface area contributed by atoms with Gasteiger partial charge in [-0.1, -0.05) is 41.9 Å². The zero-order valence-corrected chi connectivity index (χ0v) is 17.4. The van der Waals surface area contributed by atoms with Crippen LogP contribution in [-0.4, -0.2) is 25.0 Å². The predicted octanol–water partition coefficient (Wildman–Crippen LogP) is 2.11. The molecule has 10 heteroatoms. The Balaban J connectivity index is 1.68. The maximum atomic E-state index is 13.2. The van der Waals surface area contributed by atoms with Gasteiger partial charge in [-0.2, -0.15) is 0 Å². The Labute approximate surface area is 185 Å². The Kier molecular flexibility index (Phi) is 6.09. The van der Waals surface area contributed by atoms with Crippen molar-refractivity contribution in [2.45, 2.75) is 19.6 Å². The minimum absolute atomic E-state index is 0.00532. The van der Waals surface area contributed by atoms with Crippen LogP contribution in [0.5, 0.6) is 0 Å². The largest absolute Gasteiger partial charge is 0.350 e. The number of carbonyl (C=O) groups excluding carboxylic acids is 1. The Bertz CT molecular complexity index is 1420. The SMILES string of the molecule is O=C(Cn1c(=O)n(Cc2ccc(F)cc2)c(=O)c2nccnc21)NCc1ccccc1Cl. The van der Waals surface area contributed by atoms with Crippen molar-refractivity contribution in [2.24, 2.45) is 0 Å². The number of nitrogens with zero attached hydrogens (tertiary/aromatic N) is 4. The smallest absolute Gasteiger partial charge is 0.333 e. The quantitative estimate of drug-likeness (QED) is 0.482. The minimum atomic E-state index is -0.722. The average Bonchev–Trinajstić information content (AvgIpc) is 2.80. The third-order valence-electron chi connectivity index (χ3n) is 4.83. The lowest BCUT2D eigenvalue weighted by Gasteiger charge is -2.13. The number of fused-ring (bicyclic) bond motifs is 1. The summed E-state index contributed by atoms with van der Waals surface area (Å²) in [4.78, 5) is 46.7. The van der Waals surface area contributed by atoms with Gasteiger partial charge in [0.15, 0.2) is 11.2 Å². The van der Waals surface area contributed by atoms with E-state index in [9.17, 15) is 18.8 Å². The highest BCUT2D eigenvalue weighted by molar-refractivity contribution is 6.31. The molecule has 0 aliphatic carbocycles. The number of benzene rings is 2. The first-order chi connectivity index (χ1) is 15.4. The van der Waals surface area contributed by atoms with Crippen molar-refractivity contribution in [3.63, 3.8) is 0 Å². The molecule has 4 aromatic rings. The van der Waals surface area contributed by atoms with Crippen LogP contribution in [0.1, 0.15) is 11.1 Å². The third-order valence-corrected chi connectivity index (χ3v) is 5.20. The van der Waals surface area contributed by atoms with Crippen molar-refractivity contribution >= 4 is 28.7 Å². The molecule has 0 atom stereocenters. The van der Waals surface area contributed by atoms with Crippen LogP contribution in [0, 0.1) is 5.82 Å². The number of hydrogen-bond donors (Lipinski definition) is 1. The van der Waals surface area contributed by atoms with Gasteiger partial charge in [0.1, 0.15) is 12.4 Å². The molecule has 0 radical (unpaired) electrons. The summed E-state index contributed by atoms with van der Waals surface area (Å²) in [7, 11) is 0. The summed E-state index contributed by atoms with van der Waals surface area (Å²) in [5, 5.41) is 3.22. The zero-order valence-electron chi connectivity index (χ0n) is 16.7. The van der Waals surface area contributed by atoms with Crippen molar-refractivity contribution in [3.05, 3.63) is 104 Å². The lowest BCUT2D eigenvalue weighted by Crippen LogP contribution is -2.43. The Hall–Kier alpha value is -3.85. The molecule has 32 heavy (non-hydrogen) atoms. The number of nitrogens with one attached hydrogen (secondary N) is 1. The van der Waals surface area contributed by atoms with E-state index < -0.39 is 23.0 Å². The lowest BCUT2D eigenvalue weighted by molar-refractivity contribution is -0.121. The average molecular weight is 454 g/mol. The van der Waals surface area contributed by atoms with Crippen LogP contribution in [0.2, 0.25) is 5.02 Å². The van der Waals surface area contributed by atoms with Gasteiger partial charge in [0, 0.05) is 24.0 Å². The van der Waals surface area contributed by atoms with E-state index in [4.69, 9.17) is 11.6 Å². The molecule has 4 rings (SSSR count). The molecule has 2 aromatic carbocycles. The number of carbonyl (C=O) groups is 1. The van der Waals surface area contributed by atoms with E-state index in [-0.39, 0.29) is 30.8 Å². The molecule has 8 nitrogen and oxygen atoms in total. The molecule has 0 aliphatic heterocycles. The van der Waals surface area contributed by atoms with E-state index in [0.29, 0.717) is 10.6 Å². The molecule has 0 bridgehead atoms. The van der Waals surface area contributed by atoms with Crippen molar-refractivity contribution < 1.29 is 9.18 Å². The summed E-state index contributed by atoms with van der Waals surface area (Å²) < 4.78 is 15.3. The molecule has 1 N–H and O–H groups in total. The van der Waals surface area contributed by atoms with Crippen molar-refractivity contribution in [3.8, 4) is 0 Å². The van der Waals surface area contributed by atoms with E-state index in [0.717, 1.165) is 14.7 Å². The predicted molar refractivity (Wildman–Crippen MR) is 117 cm³/mol. The van der Waals surface area contributed by atoms with E-state index in [1.54, 1.807) is 24.3 Å². The van der Waals surface area contributed by atoms with Crippen molar-refractivity contribution in [1.29, 1.82) is 0 Å². The molecule has 0 unspecified atom stereocenters. The topological polar surface area (TPSA) is 98.9 Å². The van der Waals surface area contributed by atoms with E-state index >= 15 is 0 Å². The normalized spacial score (nSPS) is 10.9. The molecular formula is C22H17ClFN5O3. The monoisotopic (exact) mass is 453 g/mol. The summed E-state index contributed by atoms with van der Waals surface area (Å²) in [6, 6.07) is 12.5. The first kappa shape index (κ1) is 21.4. The highest BCUT2D eigenvalue weighted by Crippen LogP contribution is 2.14. The fourth-order valence-corrected chi connectivity index (χ4v) is 3.42. The number of halogens is 2. The Morgan fingerprint density at radius 1 is 1.00 bits per heavy atom. The standard InChI is InChI=1S/C22H17ClFN5O3/c23-17-4-2-1-3-15(17)11-27-18(30)13-28-20-19(25-9-10-26-20)21(31)29(22(28)32)12-14-5-7-16(24)8-6-14/h1-10H,11-13H2,(H,27,30). The van der Waals surface area contributed by atoms with Crippen molar-refractivity contribution in [2.75, 3.05) is 0 Å². The van der Waals surface area contributed by atoms with Crippen LogP contribution in [0.4, 0.5) is 4.39 Å². The van der Waals surface area contributed by atoms with Crippen LogP contribution in [0.25, 0.3) is 11.2 Å². The van der Waals surface area contributed by atoms with Gasteiger partial charge in [-0.3, -0.25) is 18.7 Å². The van der Waals surface area contributed by atoms with Crippen LogP contribution in [0.15, 0.2) is 70.5 Å². The second-order valence-electron chi connectivity index (χ2n) is 6.98. The molecule has 2 aromatic heterocycles. The molecule has 0 aliphatic rings. The van der Waals surface area contributed by atoms with Crippen LogP contribution in [0.3, 0.4) is 0 Å². The van der Waals surface area contributed by atoms with Gasteiger partial charge >= 0.3 is 5.69 Å². The number of amides is 1. The molecule has 2 heterocycles. The van der Waals surface area contributed by atoms with Gasteiger partial charge in [0.25, 0.3) is 5.56 Å². The van der Waals surface area contributed by atoms with Crippen LogP contribution in [-0.2, 0) is 24.4 Å². The molecule has 0 spiro atoms. The van der Waals surface area contributed by atoms with Gasteiger partial charge in [0.05, 0.1) is 6.54 Å². The Morgan fingerprint density at radius 2 is 1.72 bits per heavy atom. The molecule has 0 saturated carbocycles.